The molecule has 0 aliphatic rings. The van der Waals surface area contributed by atoms with Crippen LogP contribution in [0.2, 0.25) is 0 Å². The van der Waals surface area contributed by atoms with Crippen LogP contribution in [0.25, 0.3) is 33.7 Å². The molecule has 5 aromatic rings. The number of hydrogen-bond acceptors (Lipinski definition) is 6. The number of ether oxygens (including phenoxy) is 1. The number of aromatic nitrogens is 4. The van der Waals surface area contributed by atoms with E-state index in [2.05, 4.69) is 25.3 Å². The van der Waals surface area contributed by atoms with E-state index in [1.165, 1.54) is 6.07 Å². The average Bonchev–Trinajstić information content (AvgIpc) is 3.33. The highest BCUT2D eigenvalue weighted by molar-refractivity contribution is 5.82. The van der Waals surface area contributed by atoms with Crippen LogP contribution in [0.4, 0.5) is 24.5 Å². The van der Waals surface area contributed by atoms with Crippen molar-refractivity contribution < 1.29 is 17.9 Å². The van der Waals surface area contributed by atoms with Crippen LogP contribution in [0.1, 0.15) is 5.56 Å². The van der Waals surface area contributed by atoms with Gasteiger partial charge in [0.05, 0.1) is 34.2 Å². The fraction of sp³-hybridized carbons (Fsp3) is 0.179. The van der Waals surface area contributed by atoms with Crippen LogP contribution < -0.4 is 10.1 Å². The van der Waals surface area contributed by atoms with Crippen LogP contribution in [0, 0.1) is 0 Å². The van der Waals surface area contributed by atoms with Gasteiger partial charge < -0.3 is 19.9 Å². The molecule has 38 heavy (non-hydrogen) atoms. The lowest BCUT2D eigenvalue weighted by molar-refractivity contribution is -0.137. The average molecular weight is 519 g/mol. The first-order chi connectivity index (χ1) is 18.3. The van der Waals surface area contributed by atoms with Crippen LogP contribution in [0.5, 0.6) is 5.75 Å². The van der Waals surface area contributed by atoms with Crippen LogP contribution in [0.15, 0.2) is 79.3 Å². The molecule has 10 heteroatoms. The van der Waals surface area contributed by atoms with Crippen LogP contribution in [-0.2, 0) is 6.18 Å². The molecule has 2 heterocycles. The number of benzene rings is 3. The summed E-state index contributed by atoms with van der Waals surface area (Å²) in [4.78, 5) is 18.0. The zero-order chi connectivity index (χ0) is 26.7. The summed E-state index contributed by atoms with van der Waals surface area (Å²) in [6.07, 6.45) is 0.548. The van der Waals surface area contributed by atoms with Crippen LogP contribution in [-0.4, -0.2) is 52.1 Å². The Morgan fingerprint density at radius 2 is 1.74 bits per heavy atom. The Morgan fingerprint density at radius 3 is 2.45 bits per heavy atom. The van der Waals surface area contributed by atoms with Gasteiger partial charge in [-0.2, -0.15) is 13.2 Å². The number of H-pyrrole nitrogens is 1. The Labute approximate surface area is 217 Å². The number of anilines is 2. The molecule has 0 bridgehead atoms. The number of halogens is 3. The highest BCUT2D eigenvalue weighted by Crippen LogP contribution is 2.35. The van der Waals surface area contributed by atoms with E-state index in [1.54, 1.807) is 18.6 Å². The highest BCUT2D eigenvalue weighted by Gasteiger charge is 2.30. The summed E-state index contributed by atoms with van der Waals surface area (Å²) in [6.45, 7) is 1.22. The molecule has 0 atom stereocenters. The van der Waals surface area contributed by atoms with Crippen LogP contribution in [0.3, 0.4) is 0 Å². The number of hydrogen-bond donors (Lipinski definition) is 2. The van der Waals surface area contributed by atoms with E-state index in [-0.39, 0.29) is 0 Å². The Kier molecular flexibility index (Phi) is 6.97. The molecule has 0 amide bonds. The quantitative estimate of drug-likeness (QED) is 0.248. The number of nitrogens with zero attached hydrogens (tertiary/aromatic N) is 4. The van der Waals surface area contributed by atoms with E-state index in [9.17, 15) is 13.2 Å². The maximum Gasteiger partial charge on any atom is 0.416 e. The van der Waals surface area contributed by atoms with Crippen molar-refractivity contribution in [3.8, 4) is 28.4 Å². The third kappa shape index (κ3) is 5.76. The third-order valence-electron chi connectivity index (χ3n) is 5.88. The van der Waals surface area contributed by atoms with Gasteiger partial charge in [0.1, 0.15) is 18.2 Å². The predicted molar refractivity (Wildman–Crippen MR) is 141 cm³/mol. The zero-order valence-corrected chi connectivity index (χ0v) is 20.8. The number of likely N-dealkylation sites (N-methyl/N-ethyl adjacent to an activating group) is 1. The van der Waals surface area contributed by atoms with E-state index >= 15 is 0 Å². The maximum absolute atomic E-state index is 13.2. The molecule has 7 nitrogen and oxygen atoms in total. The molecule has 0 saturated carbocycles. The lowest BCUT2D eigenvalue weighted by Crippen LogP contribution is -2.19. The Bertz CT molecular complexity index is 1530. The third-order valence-corrected chi connectivity index (χ3v) is 5.88. The Balaban J connectivity index is 1.45. The van der Waals surface area contributed by atoms with Crippen molar-refractivity contribution in [1.82, 2.24) is 24.8 Å². The van der Waals surface area contributed by atoms with Gasteiger partial charge in [0.25, 0.3) is 0 Å². The van der Waals surface area contributed by atoms with E-state index in [4.69, 9.17) is 4.74 Å². The molecule has 194 valence electrons. The van der Waals surface area contributed by atoms with Crippen LogP contribution >= 0.6 is 0 Å². The minimum Gasteiger partial charge on any atom is -0.490 e. The monoisotopic (exact) mass is 518 g/mol. The molecular formula is C28H25F3N6O. The number of alkyl halides is 3. The summed E-state index contributed by atoms with van der Waals surface area (Å²) >= 11 is 0. The molecule has 0 aliphatic heterocycles. The SMILES string of the molecule is CN(C)CCOc1ccc(-c2nc3ccc(C(F)(F)F)cc3[nH]2)cc1Nc1ccc(-c2cnccn2)cc1. The van der Waals surface area contributed by atoms with Crippen molar-refractivity contribution >= 4 is 22.4 Å². The fourth-order valence-electron chi connectivity index (χ4n) is 3.89. The molecule has 5 rings (SSSR count). The number of fused-ring (bicyclic) bond motifs is 1. The van der Waals surface area contributed by atoms with Crippen molar-refractivity contribution in [3.05, 3.63) is 84.8 Å². The molecule has 2 N–H and O–H groups in total. The fourth-order valence-corrected chi connectivity index (χ4v) is 3.89. The summed E-state index contributed by atoms with van der Waals surface area (Å²) in [7, 11) is 3.94. The van der Waals surface area contributed by atoms with Gasteiger partial charge in [0.2, 0.25) is 0 Å². The molecule has 0 aliphatic carbocycles. The van der Waals surface area contributed by atoms with E-state index in [1.807, 2.05) is 61.5 Å². The van der Waals surface area contributed by atoms with Crippen molar-refractivity contribution in [2.75, 3.05) is 32.6 Å². The first-order valence-electron chi connectivity index (χ1n) is 11.9. The zero-order valence-electron chi connectivity index (χ0n) is 20.8. The minimum atomic E-state index is -4.43. The van der Waals surface area contributed by atoms with Gasteiger partial charge in [-0.3, -0.25) is 9.97 Å². The molecule has 0 fully saturated rings. The minimum absolute atomic E-state index is 0.315. The standard InChI is InChI=1S/C28H25F3N6O/c1-37(2)13-14-38-26-10-5-19(27-35-22-9-6-20(28(29,30)31)16-23(22)36-27)15-24(26)34-21-7-3-18(4-8-21)25-17-32-11-12-33-25/h3-12,15-17,34H,13-14H2,1-2H3,(H,35,36). The maximum atomic E-state index is 13.2. The smallest absolute Gasteiger partial charge is 0.416 e. The summed E-state index contributed by atoms with van der Waals surface area (Å²) in [5.74, 6) is 1.10. The lowest BCUT2D eigenvalue weighted by Gasteiger charge is -2.16. The van der Waals surface area contributed by atoms with E-state index in [0.717, 1.165) is 35.6 Å². The van der Waals surface area contributed by atoms with Gasteiger partial charge in [-0.1, -0.05) is 12.1 Å². The molecule has 0 saturated heterocycles. The largest absolute Gasteiger partial charge is 0.490 e. The van der Waals surface area contributed by atoms with Gasteiger partial charge in [-0.25, -0.2) is 4.98 Å². The molecule has 0 unspecified atom stereocenters. The number of aromatic amines is 1. The van der Waals surface area contributed by atoms with Crippen molar-refractivity contribution in [2.24, 2.45) is 0 Å². The van der Waals surface area contributed by atoms with Gasteiger partial charge in [-0.05, 0) is 62.6 Å². The molecule has 3 aromatic carbocycles. The number of imidazole rings is 1. The lowest BCUT2D eigenvalue weighted by atomic mass is 10.1. The summed E-state index contributed by atoms with van der Waals surface area (Å²) in [5, 5.41) is 3.40. The van der Waals surface area contributed by atoms with Gasteiger partial charge >= 0.3 is 6.18 Å². The van der Waals surface area contributed by atoms with Gasteiger partial charge in [0, 0.05) is 35.8 Å². The second kappa shape index (κ2) is 10.5. The summed E-state index contributed by atoms with van der Waals surface area (Å²) in [5.41, 5.74) is 3.97. The number of rotatable bonds is 8. The first-order valence-corrected chi connectivity index (χ1v) is 11.9. The Hall–Kier alpha value is -4.44. The first kappa shape index (κ1) is 25.2. The van der Waals surface area contributed by atoms with Crippen molar-refractivity contribution in [2.45, 2.75) is 6.18 Å². The van der Waals surface area contributed by atoms with Crippen molar-refractivity contribution in [3.63, 3.8) is 0 Å². The summed E-state index contributed by atoms with van der Waals surface area (Å²) in [6, 6.07) is 16.7. The van der Waals surface area contributed by atoms with Crippen molar-refractivity contribution in [1.29, 1.82) is 0 Å². The van der Waals surface area contributed by atoms with E-state index in [0.29, 0.717) is 40.5 Å². The van der Waals surface area contributed by atoms with Gasteiger partial charge in [0.15, 0.2) is 0 Å². The molecule has 2 aromatic heterocycles. The number of nitrogens with one attached hydrogen (secondary N) is 2. The predicted octanol–water partition coefficient (Wildman–Crippen LogP) is 6.39. The highest BCUT2D eigenvalue weighted by atomic mass is 19.4. The van der Waals surface area contributed by atoms with E-state index < -0.39 is 11.7 Å². The molecular weight excluding hydrogens is 493 g/mol. The topological polar surface area (TPSA) is 79.0 Å². The normalized spacial score (nSPS) is 11.7. The summed E-state index contributed by atoms with van der Waals surface area (Å²) < 4.78 is 45.5. The second-order valence-corrected chi connectivity index (χ2v) is 8.97. The molecule has 0 radical (unpaired) electrons. The van der Waals surface area contributed by atoms with Gasteiger partial charge in [-0.15, -0.1) is 0 Å². The Morgan fingerprint density at radius 1 is 0.947 bits per heavy atom. The second-order valence-electron chi connectivity index (χ2n) is 8.97. The molecule has 0 spiro atoms.